The third kappa shape index (κ3) is 3.05. The van der Waals surface area contributed by atoms with Crippen LogP contribution in [-0.4, -0.2) is 11.2 Å². The molecular weight excluding hydrogens is 208 g/mol. The molecule has 0 aromatic carbocycles. The van der Waals surface area contributed by atoms with Crippen molar-refractivity contribution in [3.63, 3.8) is 0 Å². The molecule has 1 aliphatic carbocycles. The largest absolute Gasteiger partial charge is 0.393 e. The van der Waals surface area contributed by atoms with Gasteiger partial charge in [0.05, 0.1) is 6.10 Å². The number of rotatable bonds is 5. The van der Waals surface area contributed by atoms with Gasteiger partial charge in [-0.2, -0.15) is 0 Å². The van der Waals surface area contributed by atoms with Gasteiger partial charge in [0.2, 0.25) is 0 Å². The normalized spacial score (nSPS) is 39.0. The molecular formula is C16H32O. The van der Waals surface area contributed by atoms with Gasteiger partial charge in [-0.3, -0.25) is 0 Å². The minimum Gasteiger partial charge on any atom is -0.393 e. The van der Waals surface area contributed by atoms with Crippen molar-refractivity contribution in [1.29, 1.82) is 0 Å². The Hall–Kier alpha value is -0.0400. The highest BCUT2D eigenvalue weighted by molar-refractivity contribution is 4.94. The van der Waals surface area contributed by atoms with E-state index < -0.39 is 0 Å². The van der Waals surface area contributed by atoms with E-state index in [9.17, 15) is 5.11 Å². The summed E-state index contributed by atoms with van der Waals surface area (Å²) in [5, 5.41) is 10.1. The molecule has 0 bridgehead atoms. The van der Waals surface area contributed by atoms with E-state index in [1.54, 1.807) is 0 Å². The lowest BCUT2D eigenvalue weighted by Gasteiger charge is -2.36. The Bertz CT molecular complexity index is 224. The van der Waals surface area contributed by atoms with E-state index in [1.165, 1.54) is 19.3 Å². The molecule has 0 aliphatic heterocycles. The molecule has 1 rings (SSSR count). The van der Waals surface area contributed by atoms with Crippen LogP contribution in [0.2, 0.25) is 0 Å². The fourth-order valence-electron chi connectivity index (χ4n) is 4.25. The van der Waals surface area contributed by atoms with E-state index in [1.807, 2.05) is 6.92 Å². The Morgan fingerprint density at radius 1 is 1.12 bits per heavy atom. The predicted molar refractivity (Wildman–Crippen MR) is 74.8 cm³/mol. The van der Waals surface area contributed by atoms with Gasteiger partial charge in [0, 0.05) is 0 Å². The van der Waals surface area contributed by atoms with Crippen molar-refractivity contribution in [2.24, 2.45) is 35.5 Å². The first-order chi connectivity index (χ1) is 7.93. The molecule has 1 nitrogen and oxygen atoms in total. The van der Waals surface area contributed by atoms with Crippen molar-refractivity contribution < 1.29 is 5.11 Å². The van der Waals surface area contributed by atoms with E-state index >= 15 is 0 Å². The first kappa shape index (κ1) is 15.0. The van der Waals surface area contributed by atoms with E-state index in [-0.39, 0.29) is 6.10 Å². The monoisotopic (exact) mass is 240 g/mol. The summed E-state index contributed by atoms with van der Waals surface area (Å²) in [6, 6.07) is 0. The molecule has 0 saturated heterocycles. The number of hydrogen-bond acceptors (Lipinski definition) is 1. The van der Waals surface area contributed by atoms with Crippen LogP contribution in [0.15, 0.2) is 0 Å². The molecule has 1 saturated carbocycles. The molecule has 0 amide bonds. The van der Waals surface area contributed by atoms with Gasteiger partial charge in [0.25, 0.3) is 0 Å². The molecule has 7 atom stereocenters. The smallest absolute Gasteiger partial charge is 0.0545 e. The first-order valence-corrected chi connectivity index (χ1v) is 7.61. The van der Waals surface area contributed by atoms with Crippen LogP contribution in [0.1, 0.15) is 60.8 Å². The van der Waals surface area contributed by atoms with Gasteiger partial charge in [-0.05, 0) is 48.9 Å². The van der Waals surface area contributed by atoms with Crippen LogP contribution in [0.5, 0.6) is 0 Å². The molecule has 0 aromatic heterocycles. The second kappa shape index (κ2) is 6.22. The fourth-order valence-corrected chi connectivity index (χ4v) is 4.25. The summed E-state index contributed by atoms with van der Waals surface area (Å²) in [6.45, 7) is 13.7. The Kier molecular flexibility index (Phi) is 5.50. The zero-order chi connectivity index (χ0) is 13.2. The van der Waals surface area contributed by atoms with E-state index in [0.29, 0.717) is 11.8 Å². The summed E-state index contributed by atoms with van der Waals surface area (Å²) in [7, 11) is 0. The number of aliphatic hydroxyl groups is 1. The average molecular weight is 240 g/mol. The van der Waals surface area contributed by atoms with Crippen molar-refractivity contribution in [3.8, 4) is 0 Å². The van der Waals surface area contributed by atoms with Crippen LogP contribution in [0.4, 0.5) is 0 Å². The third-order valence-electron chi connectivity index (χ3n) is 5.55. The molecule has 1 aliphatic rings. The summed E-state index contributed by atoms with van der Waals surface area (Å²) in [6.07, 6.45) is 3.71. The molecule has 0 aromatic rings. The van der Waals surface area contributed by atoms with Crippen LogP contribution in [-0.2, 0) is 0 Å². The maximum Gasteiger partial charge on any atom is 0.0545 e. The summed E-state index contributed by atoms with van der Waals surface area (Å²) >= 11 is 0. The van der Waals surface area contributed by atoms with Crippen molar-refractivity contribution >= 4 is 0 Å². The lowest BCUT2D eigenvalue weighted by molar-refractivity contribution is 0.0409. The lowest BCUT2D eigenvalue weighted by atomic mass is 9.71. The van der Waals surface area contributed by atoms with E-state index in [2.05, 4.69) is 34.6 Å². The molecule has 1 heteroatoms. The molecule has 0 radical (unpaired) electrons. The second-order valence-corrected chi connectivity index (χ2v) is 6.52. The van der Waals surface area contributed by atoms with Gasteiger partial charge in [0.15, 0.2) is 0 Å². The predicted octanol–water partition coefficient (Wildman–Crippen LogP) is 4.35. The van der Waals surface area contributed by atoms with Crippen LogP contribution in [0, 0.1) is 35.5 Å². The van der Waals surface area contributed by atoms with Gasteiger partial charge in [-0.25, -0.2) is 0 Å². The summed E-state index contributed by atoms with van der Waals surface area (Å²) < 4.78 is 0. The van der Waals surface area contributed by atoms with Crippen molar-refractivity contribution in [2.45, 2.75) is 66.9 Å². The Balaban J connectivity index is 2.88. The fraction of sp³-hybridized carbons (Fsp3) is 1.00. The molecule has 1 N–H and O–H groups in total. The summed E-state index contributed by atoms with van der Waals surface area (Å²) in [5.41, 5.74) is 0. The number of aliphatic hydroxyl groups excluding tert-OH is 1. The maximum atomic E-state index is 10.1. The Morgan fingerprint density at radius 3 is 2.12 bits per heavy atom. The lowest BCUT2D eigenvalue weighted by Crippen LogP contribution is -2.33. The molecule has 0 spiro atoms. The molecule has 0 heterocycles. The molecule has 1 fully saturated rings. The quantitative estimate of drug-likeness (QED) is 0.757. The van der Waals surface area contributed by atoms with Crippen LogP contribution < -0.4 is 0 Å². The second-order valence-electron chi connectivity index (χ2n) is 6.52. The van der Waals surface area contributed by atoms with Gasteiger partial charge in [-0.15, -0.1) is 0 Å². The first-order valence-electron chi connectivity index (χ1n) is 7.61. The molecule has 102 valence electrons. The zero-order valence-electron chi connectivity index (χ0n) is 12.6. The van der Waals surface area contributed by atoms with Crippen LogP contribution >= 0.6 is 0 Å². The third-order valence-corrected chi connectivity index (χ3v) is 5.55. The zero-order valence-corrected chi connectivity index (χ0v) is 12.6. The van der Waals surface area contributed by atoms with E-state index in [4.69, 9.17) is 0 Å². The van der Waals surface area contributed by atoms with E-state index in [0.717, 1.165) is 23.7 Å². The van der Waals surface area contributed by atoms with Gasteiger partial charge in [-0.1, -0.05) is 47.5 Å². The van der Waals surface area contributed by atoms with Crippen molar-refractivity contribution in [2.75, 3.05) is 0 Å². The average Bonchev–Trinajstić information content (AvgIpc) is 2.63. The van der Waals surface area contributed by atoms with Crippen LogP contribution in [0.25, 0.3) is 0 Å². The molecule has 7 unspecified atom stereocenters. The Morgan fingerprint density at radius 2 is 1.71 bits per heavy atom. The minimum atomic E-state index is -0.141. The van der Waals surface area contributed by atoms with Gasteiger partial charge >= 0.3 is 0 Å². The van der Waals surface area contributed by atoms with Crippen LogP contribution in [0.3, 0.4) is 0 Å². The minimum absolute atomic E-state index is 0.141. The van der Waals surface area contributed by atoms with Gasteiger partial charge < -0.3 is 5.11 Å². The standard InChI is InChI=1S/C16H32O/c1-7-10(3)12(5)16-14(8-2)9-11(4)15(16)13(6)17/h10-17H,7-9H2,1-6H3. The van der Waals surface area contributed by atoms with Crippen molar-refractivity contribution in [3.05, 3.63) is 0 Å². The maximum absolute atomic E-state index is 10.1. The highest BCUT2D eigenvalue weighted by Gasteiger charge is 2.45. The summed E-state index contributed by atoms with van der Waals surface area (Å²) in [4.78, 5) is 0. The SMILES string of the molecule is CCC(C)C(C)C1C(CC)CC(C)C1C(C)O. The van der Waals surface area contributed by atoms with Gasteiger partial charge in [0.1, 0.15) is 0 Å². The number of hydrogen-bond donors (Lipinski definition) is 1. The van der Waals surface area contributed by atoms with Crippen molar-refractivity contribution in [1.82, 2.24) is 0 Å². The summed E-state index contributed by atoms with van der Waals surface area (Å²) in [5.74, 6) is 4.29. The topological polar surface area (TPSA) is 20.2 Å². The highest BCUT2D eigenvalue weighted by Crippen LogP contribution is 2.50. The molecule has 17 heavy (non-hydrogen) atoms. The highest BCUT2D eigenvalue weighted by atomic mass is 16.3. The Labute approximate surface area is 108 Å².